The highest BCUT2D eigenvalue weighted by Gasteiger charge is 2.22. The molecule has 3 rings (SSSR count). The van der Waals surface area contributed by atoms with Gasteiger partial charge in [0.1, 0.15) is 6.04 Å². The number of rotatable bonds is 7. The molecule has 0 fully saturated rings. The lowest BCUT2D eigenvalue weighted by Crippen LogP contribution is -2.33. The molecule has 3 aromatic rings. The van der Waals surface area contributed by atoms with E-state index in [9.17, 15) is 4.79 Å². The van der Waals surface area contributed by atoms with Gasteiger partial charge in [0.25, 0.3) is 5.91 Å². The Labute approximate surface area is 151 Å². The molecule has 26 heavy (non-hydrogen) atoms. The lowest BCUT2D eigenvalue weighted by molar-refractivity contribution is -0.123. The number of benzene rings is 2. The van der Waals surface area contributed by atoms with Gasteiger partial charge in [0.05, 0.1) is 7.11 Å². The summed E-state index contributed by atoms with van der Waals surface area (Å²) in [4.78, 5) is 12.4. The minimum atomic E-state index is -0.550. The number of para-hydroxylation sites is 2. The van der Waals surface area contributed by atoms with Crippen LogP contribution in [0.3, 0.4) is 0 Å². The first-order valence-corrected chi connectivity index (χ1v) is 8.07. The van der Waals surface area contributed by atoms with Gasteiger partial charge in [-0.25, -0.2) is 0 Å². The molecule has 2 aromatic carbocycles. The van der Waals surface area contributed by atoms with Crippen LogP contribution in [-0.4, -0.2) is 29.8 Å². The van der Waals surface area contributed by atoms with E-state index in [-0.39, 0.29) is 12.5 Å². The molecule has 1 aromatic heterocycles. The number of hydrogen-bond donors (Lipinski definition) is 1. The van der Waals surface area contributed by atoms with Crippen LogP contribution in [0.5, 0.6) is 11.5 Å². The Bertz CT molecular complexity index is 864. The summed E-state index contributed by atoms with van der Waals surface area (Å²) in [6.07, 6.45) is 0. The number of nitrogens with one attached hydrogen (secondary N) is 1. The fourth-order valence-electron chi connectivity index (χ4n) is 2.45. The van der Waals surface area contributed by atoms with Gasteiger partial charge in [-0.15, -0.1) is 10.2 Å². The average molecular weight is 353 g/mol. The third-order valence-electron chi connectivity index (χ3n) is 3.65. The molecule has 0 spiro atoms. The van der Waals surface area contributed by atoms with E-state index < -0.39 is 6.04 Å². The van der Waals surface area contributed by atoms with Gasteiger partial charge in [-0.3, -0.25) is 4.79 Å². The second-order valence-corrected chi connectivity index (χ2v) is 5.51. The standard InChI is InChI=1S/C19H19N3O4/c1-13-21-22-19(26-13)18(14-8-4-3-5-9-14)20-17(23)12-25-16-11-7-6-10-15(16)24-2/h3-11,18H,12H2,1-2H3,(H,20,23). The summed E-state index contributed by atoms with van der Waals surface area (Å²) in [5.41, 5.74) is 0.835. The number of carbonyl (C=O) groups is 1. The zero-order valence-electron chi connectivity index (χ0n) is 14.5. The number of amides is 1. The Hall–Kier alpha value is -3.35. The third-order valence-corrected chi connectivity index (χ3v) is 3.65. The Balaban J connectivity index is 1.71. The van der Waals surface area contributed by atoms with E-state index in [2.05, 4.69) is 15.5 Å². The van der Waals surface area contributed by atoms with Gasteiger partial charge in [-0.2, -0.15) is 0 Å². The Morgan fingerprint density at radius 2 is 1.77 bits per heavy atom. The topological polar surface area (TPSA) is 86.5 Å². The van der Waals surface area contributed by atoms with Crippen molar-refractivity contribution in [3.63, 3.8) is 0 Å². The molecule has 0 saturated carbocycles. The van der Waals surface area contributed by atoms with Gasteiger partial charge in [0.15, 0.2) is 18.1 Å². The highest BCUT2D eigenvalue weighted by Crippen LogP contribution is 2.26. The molecule has 134 valence electrons. The predicted octanol–water partition coefficient (Wildman–Crippen LogP) is 2.67. The molecule has 1 unspecified atom stereocenters. The fraction of sp³-hybridized carbons (Fsp3) is 0.211. The van der Waals surface area contributed by atoms with Crippen molar-refractivity contribution in [1.82, 2.24) is 15.5 Å². The largest absolute Gasteiger partial charge is 0.493 e. The smallest absolute Gasteiger partial charge is 0.258 e. The summed E-state index contributed by atoms with van der Waals surface area (Å²) in [5, 5.41) is 10.7. The van der Waals surface area contributed by atoms with E-state index in [1.54, 1.807) is 26.2 Å². The van der Waals surface area contributed by atoms with E-state index in [4.69, 9.17) is 13.9 Å². The Kier molecular flexibility index (Phi) is 5.48. The Morgan fingerprint density at radius 1 is 1.08 bits per heavy atom. The van der Waals surface area contributed by atoms with Crippen molar-refractivity contribution < 1.29 is 18.7 Å². The van der Waals surface area contributed by atoms with Crippen molar-refractivity contribution in [3.8, 4) is 11.5 Å². The molecule has 7 nitrogen and oxygen atoms in total. The van der Waals surface area contributed by atoms with Gasteiger partial charge in [0, 0.05) is 6.92 Å². The maximum atomic E-state index is 12.4. The van der Waals surface area contributed by atoms with Gasteiger partial charge in [-0.05, 0) is 17.7 Å². The molecule has 0 aliphatic carbocycles. The first-order valence-electron chi connectivity index (χ1n) is 8.07. The fourth-order valence-corrected chi connectivity index (χ4v) is 2.45. The summed E-state index contributed by atoms with van der Waals surface area (Å²) in [6, 6.07) is 16.0. The summed E-state index contributed by atoms with van der Waals surface area (Å²) >= 11 is 0. The van der Waals surface area contributed by atoms with Crippen molar-refractivity contribution in [2.75, 3.05) is 13.7 Å². The van der Waals surface area contributed by atoms with Crippen molar-refractivity contribution in [1.29, 1.82) is 0 Å². The number of carbonyl (C=O) groups excluding carboxylic acids is 1. The number of aryl methyl sites for hydroxylation is 1. The van der Waals surface area contributed by atoms with E-state index in [1.807, 2.05) is 42.5 Å². The molecule has 1 atom stereocenters. The van der Waals surface area contributed by atoms with Crippen LogP contribution in [0, 0.1) is 6.92 Å². The number of hydrogen-bond acceptors (Lipinski definition) is 6. The van der Waals surface area contributed by atoms with Crippen molar-refractivity contribution in [2.45, 2.75) is 13.0 Å². The summed E-state index contributed by atoms with van der Waals surface area (Å²) in [7, 11) is 1.55. The Morgan fingerprint density at radius 3 is 2.42 bits per heavy atom. The van der Waals surface area contributed by atoms with Crippen LogP contribution in [0.4, 0.5) is 0 Å². The van der Waals surface area contributed by atoms with E-state index in [1.165, 1.54) is 0 Å². The predicted molar refractivity (Wildman–Crippen MR) is 94.0 cm³/mol. The van der Waals surface area contributed by atoms with Crippen molar-refractivity contribution in [2.24, 2.45) is 0 Å². The average Bonchev–Trinajstić information content (AvgIpc) is 3.11. The molecule has 0 aliphatic rings. The maximum absolute atomic E-state index is 12.4. The van der Waals surface area contributed by atoms with Crippen LogP contribution in [0.25, 0.3) is 0 Å². The second-order valence-electron chi connectivity index (χ2n) is 5.51. The second kappa shape index (κ2) is 8.15. The summed E-state index contributed by atoms with van der Waals surface area (Å²) in [5.74, 6) is 1.49. The van der Waals surface area contributed by atoms with Gasteiger partial charge < -0.3 is 19.2 Å². The van der Waals surface area contributed by atoms with E-state index >= 15 is 0 Å². The third kappa shape index (κ3) is 4.18. The molecular weight excluding hydrogens is 334 g/mol. The minimum Gasteiger partial charge on any atom is -0.493 e. The van der Waals surface area contributed by atoms with Crippen LogP contribution in [-0.2, 0) is 4.79 Å². The van der Waals surface area contributed by atoms with Crippen LogP contribution in [0.1, 0.15) is 23.4 Å². The minimum absolute atomic E-state index is 0.170. The highest BCUT2D eigenvalue weighted by atomic mass is 16.5. The van der Waals surface area contributed by atoms with Gasteiger partial charge in [-0.1, -0.05) is 42.5 Å². The quantitative estimate of drug-likeness (QED) is 0.703. The monoisotopic (exact) mass is 353 g/mol. The first-order chi connectivity index (χ1) is 12.7. The zero-order valence-corrected chi connectivity index (χ0v) is 14.5. The van der Waals surface area contributed by atoms with Crippen LogP contribution in [0.2, 0.25) is 0 Å². The number of aromatic nitrogens is 2. The number of nitrogens with zero attached hydrogens (tertiary/aromatic N) is 2. The lowest BCUT2D eigenvalue weighted by atomic mass is 10.1. The molecular formula is C19H19N3O4. The van der Waals surface area contributed by atoms with Crippen LogP contribution in [0.15, 0.2) is 59.0 Å². The zero-order chi connectivity index (χ0) is 18.4. The molecule has 1 amide bonds. The van der Waals surface area contributed by atoms with Gasteiger partial charge in [0.2, 0.25) is 11.8 Å². The number of methoxy groups -OCH3 is 1. The molecule has 0 saturated heterocycles. The molecule has 0 aliphatic heterocycles. The molecule has 0 radical (unpaired) electrons. The molecule has 0 bridgehead atoms. The first kappa shape index (κ1) is 17.5. The highest BCUT2D eigenvalue weighted by molar-refractivity contribution is 5.78. The molecule has 1 N–H and O–H groups in total. The normalized spacial score (nSPS) is 11.6. The maximum Gasteiger partial charge on any atom is 0.258 e. The van der Waals surface area contributed by atoms with Crippen molar-refractivity contribution in [3.05, 3.63) is 71.9 Å². The van der Waals surface area contributed by atoms with Crippen LogP contribution >= 0.6 is 0 Å². The number of ether oxygens (including phenoxy) is 2. The lowest BCUT2D eigenvalue weighted by Gasteiger charge is -2.16. The van der Waals surface area contributed by atoms with Crippen molar-refractivity contribution >= 4 is 5.91 Å². The van der Waals surface area contributed by atoms with Crippen LogP contribution < -0.4 is 14.8 Å². The molecule has 1 heterocycles. The summed E-state index contributed by atoms with van der Waals surface area (Å²) in [6.45, 7) is 1.53. The van der Waals surface area contributed by atoms with Gasteiger partial charge >= 0.3 is 0 Å². The SMILES string of the molecule is COc1ccccc1OCC(=O)NC(c1ccccc1)c1nnc(C)o1. The van der Waals surface area contributed by atoms with E-state index in [0.717, 1.165) is 5.56 Å². The summed E-state index contributed by atoms with van der Waals surface area (Å²) < 4.78 is 16.3. The molecule has 7 heteroatoms. The van der Waals surface area contributed by atoms with E-state index in [0.29, 0.717) is 23.3 Å².